The van der Waals surface area contributed by atoms with Crippen molar-refractivity contribution in [2.24, 2.45) is 0 Å². The summed E-state index contributed by atoms with van der Waals surface area (Å²) in [6.07, 6.45) is -5.40. The Bertz CT molecular complexity index is 67.2. The smallest absolute Gasteiger partial charge is 0.344 e. The van der Waals surface area contributed by atoms with Gasteiger partial charge in [0.05, 0.1) is 0 Å². The fourth-order valence-corrected chi connectivity index (χ4v) is 0. The van der Waals surface area contributed by atoms with E-state index in [0.717, 1.165) is 0 Å². The highest BCUT2D eigenvalue weighted by atomic mass is 19.4. The molecule has 0 aliphatic carbocycles. The van der Waals surface area contributed by atoms with E-state index in [1.165, 1.54) is 0 Å². The Balaban J connectivity index is 0. The Hall–Kier alpha value is -0.390. The third-order valence-corrected chi connectivity index (χ3v) is 0.498. The minimum absolute atomic E-state index is 0. The fraction of sp³-hybridized carbons (Fsp3) is 1.00. The van der Waals surface area contributed by atoms with Crippen molar-refractivity contribution < 1.29 is 22.0 Å². The van der Waals surface area contributed by atoms with Crippen molar-refractivity contribution in [3.8, 4) is 0 Å². The molecule has 9 heavy (non-hydrogen) atoms. The molecule has 0 unspecified atom stereocenters. The maximum absolute atomic E-state index is 11.1. The van der Waals surface area contributed by atoms with E-state index in [1.807, 2.05) is 0 Å². The van der Waals surface area contributed by atoms with Gasteiger partial charge in [-0.05, 0) is 0 Å². The summed E-state index contributed by atoms with van der Waals surface area (Å²) >= 11 is 0. The van der Waals surface area contributed by atoms with Crippen LogP contribution in [-0.2, 0) is 0 Å². The van der Waals surface area contributed by atoms with Crippen LogP contribution in [0.25, 0.3) is 0 Å². The Morgan fingerprint density at radius 3 is 1.00 bits per heavy atom. The highest BCUT2D eigenvalue weighted by Gasteiger charge is 2.52. The van der Waals surface area contributed by atoms with Crippen molar-refractivity contribution in [1.82, 2.24) is 6.15 Å². The summed E-state index contributed by atoms with van der Waals surface area (Å²) in [5.74, 6) is -4.56. The zero-order chi connectivity index (χ0) is 7.00. The molecule has 0 aromatic rings. The lowest BCUT2D eigenvalue weighted by atomic mass is 10.4. The van der Waals surface area contributed by atoms with E-state index < -0.39 is 12.1 Å². The second-order valence-electron chi connectivity index (χ2n) is 1.39. The quantitative estimate of drug-likeness (QED) is 0.530. The third kappa shape index (κ3) is 3.23. The summed E-state index contributed by atoms with van der Waals surface area (Å²) in [5, 5.41) is 0. The van der Waals surface area contributed by atoms with E-state index in [2.05, 4.69) is 0 Å². The molecule has 6 heteroatoms. The number of hydrogen-bond donors (Lipinski definition) is 1. The van der Waals surface area contributed by atoms with Gasteiger partial charge in [-0.25, -0.2) is 0 Å². The predicted molar refractivity (Wildman–Crippen MR) is 21.7 cm³/mol. The minimum Gasteiger partial charge on any atom is -0.344 e. The molecule has 0 fully saturated rings. The van der Waals surface area contributed by atoms with Gasteiger partial charge in [0, 0.05) is 6.92 Å². The second-order valence-corrected chi connectivity index (χ2v) is 1.39. The monoisotopic (exact) mass is 151 g/mol. The number of halogens is 5. The van der Waals surface area contributed by atoms with Crippen LogP contribution in [0.2, 0.25) is 0 Å². The van der Waals surface area contributed by atoms with Crippen LogP contribution in [0.4, 0.5) is 22.0 Å². The highest BCUT2D eigenvalue weighted by Crippen LogP contribution is 2.34. The molecular weight excluding hydrogens is 145 g/mol. The van der Waals surface area contributed by atoms with Gasteiger partial charge in [-0.2, -0.15) is 22.0 Å². The largest absolute Gasteiger partial charge is 0.452 e. The van der Waals surface area contributed by atoms with Crippen molar-refractivity contribution in [3.05, 3.63) is 0 Å². The van der Waals surface area contributed by atoms with E-state index in [0.29, 0.717) is 0 Å². The molecule has 0 aliphatic rings. The lowest BCUT2D eigenvalue weighted by molar-refractivity contribution is -0.273. The standard InChI is InChI=1S/C3H3F5.H3N/c1-2(4,5)3(6,7)8;/h1H3;1H3. The molecule has 0 bridgehead atoms. The van der Waals surface area contributed by atoms with Gasteiger partial charge in [0.1, 0.15) is 0 Å². The first-order valence-corrected chi connectivity index (χ1v) is 1.69. The molecular formula is C3H6F5N. The van der Waals surface area contributed by atoms with E-state index in [4.69, 9.17) is 0 Å². The zero-order valence-corrected chi connectivity index (χ0v) is 4.60. The molecule has 0 saturated heterocycles. The van der Waals surface area contributed by atoms with E-state index in [1.54, 1.807) is 0 Å². The Morgan fingerprint density at radius 2 is 1.00 bits per heavy atom. The molecule has 0 radical (unpaired) electrons. The summed E-state index contributed by atoms with van der Waals surface area (Å²) in [6.45, 7) is -0.188. The van der Waals surface area contributed by atoms with Gasteiger partial charge in [-0.3, -0.25) is 0 Å². The Labute approximate surface area is 48.4 Å². The first kappa shape index (κ1) is 11.4. The van der Waals surface area contributed by atoms with Gasteiger partial charge in [-0.15, -0.1) is 0 Å². The molecule has 0 amide bonds. The Morgan fingerprint density at radius 1 is 0.889 bits per heavy atom. The zero-order valence-electron chi connectivity index (χ0n) is 4.60. The topological polar surface area (TPSA) is 35.0 Å². The Kier molecular flexibility index (Phi) is 3.13. The normalized spacial score (nSPS) is 12.7. The van der Waals surface area contributed by atoms with E-state index >= 15 is 0 Å². The molecule has 0 saturated carbocycles. The summed E-state index contributed by atoms with van der Waals surface area (Å²) < 4.78 is 54.6. The van der Waals surface area contributed by atoms with Crippen LogP contribution in [0.15, 0.2) is 0 Å². The van der Waals surface area contributed by atoms with Gasteiger partial charge >= 0.3 is 12.1 Å². The first-order valence-electron chi connectivity index (χ1n) is 1.69. The van der Waals surface area contributed by atoms with Crippen molar-refractivity contribution in [1.29, 1.82) is 0 Å². The van der Waals surface area contributed by atoms with Gasteiger partial charge in [-0.1, -0.05) is 0 Å². The predicted octanol–water partition coefficient (Wildman–Crippen LogP) is 2.37. The highest BCUT2D eigenvalue weighted by molar-refractivity contribution is 4.67. The van der Waals surface area contributed by atoms with E-state index in [-0.39, 0.29) is 13.1 Å². The van der Waals surface area contributed by atoms with Crippen molar-refractivity contribution in [2.75, 3.05) is 0 Å². The lowest BCUT2D eigenvalue weighted by Gasteiger charge is -2.12. The maximum atomic E-state index is 11.1. The number of rotatable bonds is 0. The average molecular weight is 151 g/mol. The molecule has 0 rings (SSSR count). The molecule has 1 nitrogen and oxygen atoms in total. The summed E-state index contributed by atoms with van der Waals surface area (Å²) in [7, 11) is 0. The van der Waals surface area contributed by atoms with Gasteiger partial charge in [0.15, 0.2) is 0 Å². The van der Waals surface area contributed by atoms with Gasteiger partial charge in [0.2, 0.25) is 0 Å². The van der Waals surface area contributed by atoms with Crippen LogP contribution in [-0.4, -0.2) is 12.1 Å². The summed E-state index contributed by atoms with van der Waals surface area (Å²) in [5.41, 5.74) is 0. The lowest BCUT2D eigenvalue weighted by Crippen LogP contribution is -2.32. The number of alkyl halides is 5. The molecule has 0 aromatic carbocycles. The van der Waals surface area contributed by atoms with Gasteiger partial charge < -0.3 is 6.15 Å². The second kappa shape index (κ2) is 2.47. The number of hydrogen-bond acceptors (Lipinski definition) is 1. The van der Waals surface area contributed by atoms with Crippen LogP contribution in [0.3, 0.4) is 0 Å². The van der Waals surface area contributed by atoms with Crippen LogP contribution >= 0.6 is 0 Å². The molecule has 0 atom stereocenters. The fourth-order valence-electron chi connectivity index (χ4n) is 0. The first-order chi connectivity index (χ1) is 3.25. The SMILES string of the molecule is CC(F)(F)C(F)(F)F.N. The molecule has 58 valence electrons. The summed E-state index contributed by atoms with van der Waals surface area (Å²) in [4.78, 5) is 0. The average Bonchev–Trinajstić information content (AvgIpc) is 1.25. The van der Waals surface area contributed by atoms with Crippen LogP contribution < -0.4 is 6.15 Å². The molecule has 0 aliphatic heterocycles. The van der Waals surface area contributed by atoms with Crippen LogP contribution in [0.5, 0.6) is 0 Å². The third-order valence-electron chi connectivity index (χ3n) is 0.498. The van der Waals surface area contributed by atoms with Crippen LogP contribution in [0.1, 0.15) is 6.92 Å². The molecule has 0 aromatic heterocycles. The maximum Gasteiger partial charge on any atom is 0.452 e. The molecule has 0 spiro atoms. The van der Waals surface area contributed by atoms with Crippen molar-refractivity contribution in [2.45, 2.75) is 19.0 Å². The van der Waals surface area contributed by atoms with Crippen LogP contribution in [0, 0.1) is 0 Å². The minimum atomic E-state index is -5.40. The van der Waals surface area contributed by atoms with Gasteiger partial charge in [0.25, 0.3) is 0 Å². The molecule has 3 N–H and O–H groups in total. The van der Waals surface area contributed by atoms with Crippen molar-refractivity contribution >= 4 is 0 Å². The van der Waals surface area contributed by atoms with Crippen molar-refractivity contribution in [3.63, 3.8) is 0 Å². The summed E-state index contributed by atoms with van der Waals surface area (Å²) in [6, 6.07) is 0. The molecule has 0 heterocycles. The van der Waals surface area contributed by atoms with E-state index in [9.17, 15) is 22.0 Å².